The Morgan fingerprint density at radius 1 is 0.946 bits per heavy atom. The van der Waals surface area contributed by atoms with Gasteiger partial charge in [-0.15, -0.1) is 0 Å². The van der Waals surface area contributed by atoms with Crippen LogP contribution in [-0.2, 0) is 34.0 Å². The van der Waals surface area contributed by atoms with Gasteiger partial charge in [-0.25, -0.2) is 0 Å². The number of unbranched alkanes of at least 4 members (excludes halogenated alkanes) is 8. The summed E-state index contributed by atoms with van der Waals surface area (Å²) in [6.07, 6.45) is 14.0. The maximum atomic E-state index is 12.4. The Bertz CT molecular complexity index is 751. The van der Waals surface area contributed by atoms with Gasteiger partial charge >= 0.3 is 71.1 Å². The molecule has 1 unspecified atom stereocenters. The normalized spacial score (nSPS) is 12.7. The van der Waals surface area contributed by atoms with Gasteiger partial charge in [0.2, 0.25) is 5.91 Å². The van der Waals surface area contributed by atoms with E-state index in [4.69, 9.17) is 16.2 Å². The fraction of sp³-hybridized carbons (Fsp3) is 0.792. The van der Waals surface area contributed by atoms with Gasteiger partial charge in [-0.1, -0.05) is 57.6 Å². The number of primary amides is 1. The third-order valence-corrected chi connectivity index (χ3v) is 6.45. The van der Waals surface area contributed by atoms with E-state index in [9.17, 15) is 27.4 Å². The van der Waals surface area contributed by atoms with Crippen LogP contribution in [0.5, 0.6) is 0 Å². The molecule has 2 atom stereocenters. The van der Waals surface area contributed by atoms with Crippen molar-refractivity contribution in [3.63, 3.8) is 0 Å². The molecular formula is C24H46N2Na2O8S. The van der Waals surface area contributed by atoms with E-state index in [1.807, 2.05) is 12.2 Å². The Morgan fingerprint density at radius 2 is 1.57 bits per heavy atom. The van der Waals surface area contributed by atoms with Crippen molar-refractivity contribution in [1.82, 2.24) is 0 Å². The summed E-state index contributed by atoms with van der Waals surface area (Å²) in [6.45, 7) is 1.85. The van der Waals surface area contributed by atoms with Crippen molar-refractivity contribution < 1.29 is 36.8 Å². The van der Waals surface area contributed by atoms with Crippen LogP contribution in [0.3, 0.4) is 0 Å². The molecule has 0 heterocycles. The first-order chi connectivity index (χ1) is 16.6. The van der Waals surface area contributed by atoms with Crippen molar-refractivity contribution in [1.29, 1.82) is 0 Å². The minimum atomic E-state index is -4.84. The Hall–Kier alpha value is 0.0200. The summed E-state index contributed by atoms with van der Waals surface area (Å²) in [4.78, 5) is 35.0. The molecule has 0 aliphatic rings. The van der Waals surface area contributed by atoms with E-state index in [1.165, 1.54) is 0 Å². The number of rotatable bonds is 22. The first-order valence-corrected chi connectivity index (χ1v) is 14.1. The molecule has 13 heteroatoms. The zero-order valence-electron chi connectivity index (χ0n) is 21.0. The van der Waals surface area contributed by atoms with E-state index in [0.717, 1.165) is 64.2 Å². The molecule has 0 radical (unpaired) electrons. The van der Waals surface area contributed by atoms with Crippen LogP contribution >= 0.6 is 0 Å². The van der Waals surface area contributed by atoms with E-state index >= 15 is 0 Å². The molecule has 1 amide bonds. The Kier molecular flexibility index (Phi) is 29.4. The van der Waals surface area contributed by atoms with E-state index in [0.29, 0.717) is 19.3 Å². The predicted octanol–water partition coefficient (Wildman–Crippen LogP) is 1.88. The fourth-order valence-electron chi connectivity index (χ4n) is 3.43. The van der Waals surface area contributed by atoms with Gasteiger partial charge in [0.1, 0.15) is 12.7 Å². The van der Waals surface area contributed by atoms with Crippen molar-refractivity contribution in [2.75, 3.05) is 13.2 Å². The minimum absolute atomic E-state index is 0. The molecule has 0 rings (SSSR count). The number of amides is 1. The molecule has 0 aromatic carbocycles. The summed E-state index contributed by atoms with van der Waals surface area (Å²) in [6, 6.07) is 0. The van der Waals surface area contributed by atoms with Crippen LogP contribution in [0, 0.1) is 0 Å². The zero-order chi connectivity index (χ0) is 26.5. The molecule has 0 bridgehead atoms. The van der Waals surface area contributed by atoms with Crippen molar-refractivity contribution >= 4 is 87.1 Å². The van der Waals surface area contributed by atoms with Gasteiger partial charge in [-0.2, -0.15) is 8.42 Å². The van der Waals surface area contributed by atoms with Crippen molar-refractivity contribution in [2.24, 2.45) is 11.5 Å². The SMILES string of the molecule is CCCCCC[C@H](C/C=C\CCCCCCCC(N)=O)OC(=O)CC(C(=O)OCCN)S(=O)(=O)O.[NaH].[NaH]. The van der Waals surface area contributed by atoms with E-state index in [-0.39, 0.29) is 78.2 Å². The molecule has 208 valence electrons. The molecule has 5 N–H and O–H groups in total. The summed E-state index contributed by atoms with van der Waals surface area (Å²) in [7, 11) is -4.84. The van der Waals surface area contributed by atoms with E-state index in [1.54, 1.807) is 0 Å². The second-order valence-corrected chi connectivity index (χ2v) is 10.2. The molecule has 0 aliphatic heterocycles. The third kappa shape index (κ3) is 24.8. The van der Waals surface area contributed by atoms with Crippen LogP contribution in [0.4, 0.5) is 0 Å². The second kappa shape index (κ2) is 26.3. The number of carbonyl (C=O) groups excluding carboxylic acids is 3. The van der Waals surface area contributed by atoms with Crippen molar-refractivity contribution in [2.45, 2.75) is 108 Å². The molecule has 0 saturated heterocycles. The average molecular weight is 569 g/mol. The molecular weight excluding hydrogens is 522 g/mol. The van der Waals surface area contributed by atoms with Crippen molar-refractivity contribution in [3.8, 4) is 0 Å². The summed E-state index contributed by atoms with van der Waals surface area (Å²) < 4.78 is 42.6. The van der Waals surface area contributed by atoms with Crippen molar-refractivity contribution in [3.05, 3.63) is 12.2 Å². The number of hydrogen-bond acceptors (Lipinski definition) is 8. The molecule has 0 aromatic rings. The maximum absolute atomic E-state index is 12.4. The Labute approximate surface area is 266 Å². The molecule has 37 heavy (non-hydrogen) atoms. The van der Waals surface area contributed by atoms with Crippen LogP contribution in [-0.4, -0.2) is 114 Å². The molecule has 0 fully saturated rings. The van der Waals surface area contributed by atoms with Crippen LogP contribution in [0.15, 0.2) is 12.2 Å². The first kappa shape index (κ1) is 41.5. The number of esters is 2. The summed E-state index contributed by atoms with van der Waals surface area (Å²) in [5, 5.41) is -2.04. The summed E-state index contributed by atoms with van der Waals surface area (Å²) in [5.74, 6) is -2.39. The van der Waals surface area contributed by atoms with Gasteiger partial charge in [0, 0.05) is 19.4 Å². The van der Waals surface area contributed by atoms with Crippen LogP contribution in [0.1, 0.15) is 96.8 Å². The monoisotopic (exact) mass is 568 g/mol. The van der Waals surface area contributed by atoms with Gasteiger partial charge in [0.15, 0.2) is 5.25 Å². The van der Waals surface area contributed by atoms with Gasteiger partial charge in [-0.05, 0) is 32.1 Å². The zero-order valence-corrected chi connectivity index (χ0v) is 21.8. The number of hydrogen-bond donors (Lipinski definition) is 3. The molecule has 0 aromatic heterocycles. The predicted molar refractivity (Wildman–Crippen MR) is 148 cm³/mol. The average Bonchev–Trinajstić information content (AvgIpc) is 2.78. The van der Waals surface area contributed by atoms with Gasteiger partial charge in [0.25, 0.3) is 10.1 Å². The molecule has 10 nitrogen and oxygen atoms in total. The van der Waals surface area contributed by atoms with E-state index in [2.05, 4.69) is 11.7 Å². The molecule has 0 aliphatic carbocycles. The summed E-state index contributed by atoms with van der Waals surface area (Å²) >= 11 is 0. The van der Waals surface area contributed by atoms with Gasteiger partial charge in [0.05, 0.1) is 6.42 Å². The van der Waals surface area contributed by atoms with E-state index < -0.39 is 39.8 Å². The number of ether oxygens (including phenoxy) is 2. The van der Waals surface area contributed by atoms with Gasteiger partial charge < -0.3 is 20.9 Å². The van der Waals surface area contributed by atoms with Crippen LogP contribution < -0.4 is 11.5 Å². The second-order valence-electron chi connectivity index (χ2n) is 8.60. The van der Waals surface area contributed by atoms with Gasteiger partial charge in [-0.3, -0.25) is 18.9 Å². The topological polar surface area (TPSA) is 176 Å². The molecule has 0 spiro atoms. The number of allylic oxidation sites excluding steroid dienone is 1. The standard InChI is InChI=1S/C24H44N2O8S.2Na.2H/c1-2-3-4-11-14-20(15-12-9-7-5-6-8-10-13-16-22(26)27)34-23(28)19-21(35(30,31)32)24(29)33-18-17-25;;;;/h9,12,20-21H,2-8,10-11,13-19,25H2,1H3,(H2,26,27)(H,30,31,32);;;;/b12-9-;;;;/t20-,21?;;;;/m1..../s1. The molecule has 0 saturated carbocycles. The summed E-state index contributed by atoms with van der Waals surface area (Å²) in [5.41, 5.74) is 10.4. The first-order valence-electron chi connectivity index (χ1n) is 12.6. The number of carbonyl (C=O) groups is 3. The fourth-order valence-corrected chi connectivity index (χ4v) is 4.09. The quantitative estimate of drug-likeness (QED) is 0.0579. The Balaban J connectivity index is -0.00000578. The van der Waals surface area contributed by atoms with Crippen LogP contribution in [0.25, 0.3) is 0 Å². The Morgan fingerprint density at radius 3 is 2.16 bits per heavy atom. The third-order valence-electron chi connectivity index (χ3n) is 5.37. The number of nitrogens with two attached hydrogens (primary N) is 2. The van der Waals surface area contributed by atoms with Crippen LogP contribution in [0.2, 0.25) is 0 Å².